The van der Waals surface area contributed by atoms with Crippen LogP contribution in [0.1, 0.15) is 43.9 Å². The van der Waals surface area contributed by atoms with Gasteiger partial charge in [0.05, 0.1) is 31.2 Å². The van der Waals surface area contributed by atoms with Crippen molar-refractivity contribution < 1.29 is 23.5 Å². The fourth-order valence-corrected chi connectivity index (χ4v) is 2.67. The first kappa shape index (κ1) is 20.4. The maximum absolute atomic E-state index is 14.7. The van der Waals surface area contributed by atoms with E-state index < -0.39 is 23.5 Å². The van der Waals surface area contributed by atoms with Crippen molar-refractivity contribution in [3.05, 3.63) is 41.7 Å². The first-order chi connectivity index (χ1) is 13.7. The average Bonchev–Trinajstić information content (AvgIpc) is 3.30. The molecule has 0 aliphatic carbocycles. The Balaban J connectivity index is 1.72. The number of carbonyl (C=O) groups is 2. The number of esters is 1. The van der Waals surface area contributed by atoms with Gasteiger partial charge in [-0.2, -0.15) is 0 Å². The van der Waals surface area contributed by atoms with Crippen LogP contribution in [0.25, 0.3) is 11.3 Å². The molecule has 3 rings (SSSR count). The molecular weight excluding hydrogens is 381 g/mol. The van der Waals surface area contributed by atoms with Crippen molar-refractivity contribution in [2.24, 2.45) is 0 Å². The molecule has 0 saturated heterocycles. The van der Waals surface area contributed by atoms with Gasteiger partial charge in [-0.15, -0.1) is 5.10 Å². The van der Waals surface area contributed by atoms with Gasteiger partial charge in [0.2, 0.25) is 0 Å². The largest absolute Gasteiger partial charge is 0.461 e. The summed E-state index contributed by atoms with van der Waals surface area (Å²) in [5.41, 5.74) is 0.446. The second-order valence-electron chi connectivity index (χ2n) is 7.38. The van der Waals surface area contributed by atoms with Crippen LogP contribution in [0.3, 0.4) is 0 Å². The predicted molar refractivity (Wildman–Crippen MR) is 101 cm³/mol. The minimum Gasteiger partial charge on any atom is -0.461 e. The lowest BCUT2D eigenvalue weighted by molar-refractivity contribution is 0.0305. The van der Waals surface area contributed by atoms with Crippen molar-refractivity contribution in [1.29, 1.82) is 0 Å². The summed E-state index contributed by atoms with van der Waals surface area (Å²) in [6.45, 7) is 7.77. The normalized spacial score (nSPS) is 14.0. The monoisotopic (exact) mass is 403 g/mol. The molecule has 0 fully saturated rings. The molecule has 0 aromatic carbocycles. The molecule has 1 amide bonds. The Morgan fingerprint density at radius 2 is 2.07 bits per heavy atom. The molecule has 29 heavy (non-hydrogen) atoms. The third-order valence-electron chi connectivity index (χ3n) is 3.94. The van der Waals surface area contributed by atoms with Crippen molar-refractivity contribution in [3.8, 4) is 5.69 Å². The molecule has 3 heterocycles. The molecule has 0 N–H and O–H groups in total. The fraction of sp³-hybridized carbons (Fsp3) is 0.421. The quantitative estimate of drug-likeness (QED) is 0.724. The van der Waals surface area contributed by atoms with E-state index in [1.807, 2.05) is 0 Å². The van der Waals surface area contributed by atoms with Gasteiger partial charge in [-0.05, 0) is 33.3 Å². The second-order valence-corrected chi connectivity index (χ2v) is 7.38. The first-order valence-electron chi connectivity index (χ1n) is 9.10. The van der Waals surface area contributed by atoms with Gasteiger partial charge in [-0.3, -0.25) is 4.98 Å². The topological polar surface area (TPSA) is 99.4 Å². The third kappa shape index (κ3) is 4.76. The molecule has 1 aliphatic heterocycles. The van der Waals surface area contributed by atoms with Crippen molar-refractivity contribution in [3.63, 3.8) is 0 Å². The van der Waals surface area contributed by atoms with Gasteiger partial charge in [0.25, 0.3) is 0 Å². The molecule has 0 radical (unpaired) electrons. The Morgan fingerprint density at radius 1 is 1.31 bits per heavy atom. The summed E-state index contributed by atoms with van der Waals surface area (Å²) in [7, 11) is 0. The second kappa shape index (κ2) is 7.98. The number of hydrogen-bond acceptors (Lipinski definition) is 7. The molecule has 0 unspecified atom stereocenters. The van der Waals surface area contributed by atoms with Crippen LogP contribution in [-0.2, 0) is 9.47 Å². The Morgan fingerprint density at radius 3 is 2.72 bits per heavy atom. The van der Waals surface area contributed by atoms with E-state index in [1.165, 1.54) is 28.0 Å². The summed E-state index contributed by atoms with van der Waals surface area (Å²) in [5, 5.41) is 7.52. The van der Waals surface area contributed by atoms with E-state index in [-0.39, 0.29) is 24.5 Å². The van der Waals surface area contributed by atoms with Crippen LogP contribution in [0.15, 0.2) is 24.5 Å². The van der Waals surface area contributed by atoms with Crippen molar-refractivity contribution in [1.82, 2.24) is 24.9 Å². The summed E-state index contributed by atoms with van der Waals surface area (Å²) >= 11 is 0. The van der Waals surface area contributed by atoms with Crippen LogP contribution < -0.4 is 0 Å². The maximum atomic E-state index is 14.7. The van der Waals surface area contributed by atoms with Gasteiger partial charge in [0.15, 0.2) is 11.5 Å². The molecule has 2 aromatic heterocycles. The van der Waals surface area contributed by atoms with Crippen molar-refractivity contribution in [2.45, 2.75) is 33.3 Å². The van der Waals surface area contributed by atoms with Gasteiger partial charge < -0.3 is 14.4 Å². The molecule has 0 atom stereocenters. The van der Waals surface area contributed by atoms with Gasteiger partial charge >= 0.3 is 12.1 Å². The molecular formula is C19H22FN5O4. The van der Waals surface area contributed by atoms with Crippen LogP contribution in [0.5, 0.6) is 0 Å². The summed E-state index contributed by atoms with van der Waals surface area (Å²) in [6.07, 6.45) is 4.03. The number of pyridine rings is 1. The van der Waals surface area contributed by atoms with Crippen LogP contribution in [0, 0.1) is 5.82 Å². The van der Waals surface area contributed by atoms with E-state index in [0.717, 1.165) is 0 Å². The van der Waals surface area contributed by atoms with Gasteiger partial charge in [-0.1, -0.05) is 11.3 Å². The molecule has 1 aliphatic rings. The molecule has 0 bridgehead atoms. The van der Waals surface area contributed by atoms with Gasteiger partial charge in [0, 0.05) is 12.6 Å². The van der Waals surface area contributed by atoms with E-state index in [4.69, 9.17) is 9.47 Å². The molecule has 0 saturated carbocycles. The Bertz CT molecular complexity index is 964. The minimum atomic E-state index is -0.609. The molecule has 10 heteroatoms. The number of rotatable bonds is 4. The Hall–Kier alpha value is -3.30. The lowest BCUT2D eigenvalue weighted by Crippen LogP contribution is -2.35. The third-order valence-corrected chi connectivity index (χ3v) is 3.94. The van der Waals surface area contributed by atoms with E-state index in [0.29, 0.717) is 17.8 Å². The van der Waals surface area contributed by atoms with E-state index in [2.05, 4.69) is 15.3 Å². The van der Waals surface area contributed by atoms with Crippen LogP contribution >= 0.6 is 0 Å². The Labute approximate surface area is 167 Å². The fourth-order valence-electron chi connectivity index (χ4n) is 2.67. The lowest BCUT2D eigenvalue weighted by atomic mass is 10.1. The summed E-state index contributed by atoms with van der Waals surface area (Å²) < 4.78 is 26.1. The number of carbonyl (C=O) groups excluding carboxylic acids is 2. The van der Waals surface area contributed by atoms with E-state index >= 15 is 0 Å². The van der Waals surface area contributed by atoms with Crippen LogP contribution in [0.4, 0.5) is 9.18 Å². The summed E-state index contributed by atoms with van der Waals surface area (Å²) in [5.74, 6) is -1.19. The SMILES string of the molecule is CCOC(=O)c1cn(-c2cnc(C3=CCN(C(=O)OC(C)(C)C)C3)c(F)c2)nn1. The number of amides is 1. The molecule has 0 spiro atoms. The number of ether oxygens (including phenoxy) is 2. The standard InChI is InChI=1S/C19H22FN5O4/c1-5-28-17(26)15-11-25(23-22-15)13-8-14(20)16(21-9-13)12-6-7-24(10-12)18(27)29-19(2,3)4/h6,8-9,11H,5,7,10H2,1-4H3. The smallest absolute Gasteiger partial charge is 0.410 e. The maximum Gasteiger partial charge on any atom is 0.410 e. The summed E-state index contributed by atoms with van der Waals surface area (Å²) in [6, 6.07) is 1.24. The lowest BCUT2D eigenvalue weighted by Gasteiger charge is -2.24. The first-order valence-corrected chi connectivity index (χ1v) is 9.10. The molecule has 2 aromatic rings. The number of hydrogen-bond donors (Lipinski definition) is 0. The zero-order valence-electron chi connectivity index (χ0n) is 16.7. The number of halogens is 1. The van der Waals surface area contributed by atoms with E-state index in [1.54, 1.807) is 33.8 Å². The van der Waals surface area contributed by atoms with Gasteiger partial charge in [0.1, 0.15) is 11.3 Å². The molecule has 154 valence electrons. The van der Waals surface area contributed by atoms with Crippen molar-refractivity contribution >= 4 is 17.6 Å². The highest BCUT2D eigenvalue weighted by atomic mass is 19.1. The summed E-state index contributed by atoms with van der Waals surface area (Å²) in [4.78, 5) is 29.5. The van der Waals surface area contributed by atoms with Gasteiger partial charge in [-0.25, -0.2) is 18.7 Å². The van der Waals surface area contributed by atoms with Crippen LogP contribution in [0.2, 0.25) is 0 Å². The highest BCUT2D eigenvalue weighted by molar-refractivity contribution is 5.86. The zero-order chi connectivity index (χ0) is 21.2. The average molecular weight is 403 g/mol. The predicted octanol–water partition coefficient (Wildman–Crippen LogP) is 2.61. The minimum absolute atomic E-state index is 0.0165. The van der Waals surface area contributed by atoms with E-state index in [9.17, 15) is 14.0 Å². The highest BCUT2D eigenvalue weighted by Crippen LogP contribution is 2.24. The van der Waals surface area contributed by atoms with Crippen molar-refractivity contribution in [2.75, 3.05) is 19.7 Å². The zero-order valence-corrected chi connectivity index (χ0v) is 16.7. The Kier molecular flexibility index (Phi) is 5.62. The number of nitrogens with zero attached hydrogens (tertiary/aromatic N) is 5. The van der Waals surface area contributed by atoms with Crippen LogP contribution in [-0.4, -0.2) is 62.2 Å². The molecule has 9 nitrogen and oxygen atoms in total. The highest BCUT2D eigenvalue weighted by Gasteiger charge is 2.27. The number of aromatic nitrogens is 4.